The fourth-order valence-corrected chi connectivity index (χ4v) is 5.46. The minimum atomic E-state index is 0.651. The molecular weight excluding hydrogens is 350 g/mol. The second kappa shape index (κ2) is 6.82. The molecule has 0 amide bonds. The van der Waals surface area contributed by atoms with Gasteiger partial charge in [0.15, 0.2) is 0 Å². The smallest absolute Gasteiger partial charge is 0.141 e. The van der Waals surface area contributed by atoms with Crippen LogP contribution in [0, 0.1) is 13.8 Å². The molecule has 1 saturated heterocycles. The van der Waals surface area contributed by atoms with E-state index in [4.69, 9.17) is 10.7 Å². The van der Waals surface area contributed by atoms with Crippen LogP contribution in [0.5, 0.6) is 0 Å². The van der Waals surface area contributed by atoms with Gasteiger partial charge in [0.25, 0.3) is 0 Å². The van der Waals surface area contributed by atoms with Crippen molar-refractivity contribution in [2.75, 3.05) is 13.1 Å². The zero-order chi connectivity index (χ0) is 17.4. The Morgan fingerprint density at radius 2 is 2.04 bits per heavy atom. The summed E-state index contributed by atoms with van der Waals surface area (Å²) < 4.78 is 1.23. The van der Waals surface area contributed by atoms with Crippen LogP contribution in [0.1, 0.15) is 45.7 Å². The summed E-state index contributed by atoms with van der Waals surface area (Å²) in [7, 11) is 0. The van der Waals surface area contributed by atoms with Crippen molar-refractivity contribution in [2.24, 2.45) is 5.73 Å². The number of hydrogen-bond donors (Lipinski definition) is 2. The Hall–Kier alpha value is -1.83. The number of nitrogens with one attached hydrogen (secondary N) is 1. The Bertz CT molecular complexity index is 903. The topological polar surface area (TPSA) is 76.7 Å². The number of hydrogen-bond acceptors (Lipinski definition) is 7. The summed E-state index contributed by atoms with van der Waals surface area (Å²) in [5.41, 5.74) is 9.52. The molecule has 3 aromatic rings. The van der Waals surface area contributed by atoms with E-state index in [-0.39, 0.29) is 0 Å². The van der Waals surface area contributed by atoms with Crippen molar-refractivity contribution >= 4 is 44.0 Å². The minimum absolute atomic E-state index is 0.651. The van der Waals surface area contributed by atoms with E-state index >= 15 is 0 Å². The number of thiazole rings is 1. The van der Waals surface area contributed by atoms with Gasteiger partial charge in [-0.15, -0.1) is 22.7 Å². The molecule has 1 aliphatic heterocycles. The number of aryl methyl sites for hydroxylation is 2. The van der Waals surface area contributed by atoms with E-state index in [1.807, 2.05) is 31.3 Å². The van der Waals surface area contributed by atoms with E-state index in [0.717, 1.165) is 40.0 Å². The zero-order valence-electron chi connectivity index (χ0n) is 14.4. The van der Waals surface area contributed by atoms with E-state index in [9.17, 15) is 0 Å². The highest BCUT2D eigenvalue weighted by atomic mass is 32.1. The summed E-state index contributed by atoms with van der Waals surface area (Å²) in [5, 5.41) is 4.28. The molecule has 0 atom stereocenters. The molecule has 0 aliphatic carbocycles. The SMILES string of the molecule is Cc1cnc(C=C(N)c2nc3sc(C4CCNCC4)cc3s2)c(C)n1. The first-order chi connectivity index (χ1) is 12.1. The summed E-state index contributed by atoms with van der Waals surface area (Å²) in [6.45, 7) is 6.11. The van der Waals surface area contributed by atoms with E-state index in [1.54, 1.807) is 17.5 Å². The molecule has 25 heavy (non-hydrogen) atoms. The van der Waals surface area contributed by atoms with Crippen molar-refractivity contribution in [2.45, 2.75) is 32.6 Å². The second-order valence-corrected chi connectivity index (χ2v) is 8.54. The number of rotatable bonds is 3. The van der Waals surface area contributed by atoms with Gasteiger partial charge in [0.1, 0.15) is 9.84 Å². The first-order valence-corrected chi connectivity index (χ1v) is 10.1. The first-order valence-electron chi connectivity index (χ1n) is 8.49. The number of aromatic nitrogens is 3. The molecule has 130 valence electrons. The van der Waals surface area contributed by atoms with Gasteiger partial charge in [0, 0.05) is 11.1 Å². The number of nitrogens with two attached hydrogens (primary N) is 1. The zero-order valence-corrected chi connectivity index (χ0v) is 16.0. The number of piperidine rings is 1. The van der Waals surface area contributed by atoms with Crippen molar-refractivity contribution in [3.63, 3.8) is 0 Å². The molecule has 0 aromatic carbocycles. The number of thiophene rings is 1. The van der Waals surface area contributed by atoms with Crippen molar-refractivity contribution in [3.05, 3.63) is 39.2 Å². The highest BCUT2D eigenvalue weighted by molar-refractivity contribution is 7.27. The Morgan fingerprint density at radius 3 is 2.76 bits per heavy atom. The van der Waals surface area contributed by atoms with Crippen LogP contribution in [-0.4, -0.2) is 28.0 Å². The standard InChI is InChI=1S/C18H21N5S2/c1-10-9-21-14(11(2)22-10)7-13(19)17-23-18-16(25-17)8-15(24-18)12-3-5-20-6-4-12/h7-9,12,20H,3-6,19H2,1-2H3. The lowest BCUT2D eigenvalue weighted by Gasteiger charge is -2.21. The Balaban J connectivity index is 1.60. The molecule has 4 rings (SSSR count). The average Bonchev–Trinajstić information content (AvgIpc) is 3.17. The van der Waals surface area contributed by atoms with Crippen LogP contribution in [0.25, 0.3) is 21.3 Å². The molecule has 0 bridgehead atoms. The Labute approximate surface area is 155 Å². The molecule has 3 N–H and O–H groups in total. The third-order valence-electron chi connectivity index (χ3n) is 4.49. The van der Waals surface area contributed by atoms with Crippen LogP contribution < -0.4 is 11.1 Å². The largest absolute Gasteiger partial charge is 0.396 e. The maximum Gasteiger partial charge on any atom is 0.141 e. The monoisotopic (exact) mass is 371 g/mol. The molecule has 0 saturated carbocycles. The van der Waals surface area contributed by atoms with Crippen LogP contribution in [-0.2, 0) is 0 Å². The number of fused-ring (bicyclic) bond motifs is 1. The van der Waals surface area contributed by atoms with Gasteiger partial charge >= 0.3 is 0 Å². The maximum atomic E-state index is 6.28. The third kappa shape index (κ3) is 3.44. The van der Waals surface area contributed by atoms with Gasteiger partial charge in [-0.05, 0) is 57.8 Å². The average molecular weight is 372 g/mol. The van der Waals surface area contributed by atoms with Gasteiger partial charge in [-0.3, -0.25) is 9.97 Å². The van der Waals surface area contributed by atoms with Gasteiger partial charge < -0.3 is 11.1 Å². The summed E-state index contributed by atoms with van der Waals surface area (Å²) in [6.07, 6.45) is 6.07. The quantitative estimate of drug-likeness (QED) is 0.734. The highest BCUT2D eigenvalue weighted by Gasteiger charge is 2.19. The predicted octanol–water partition coefficient (Wildman–Crippen LogP) is 3.69. The first kappa shape index (κ1) is 16.6. The van der Waals surface area contributed by atoms with Crippen LogP contribution in [0.15, 0.2) is 12.3 Å². The van der Waals surface area contributed by atoms with Crippen LogP contribution in [0.3, 0.4) is 0 Å². The third-order valence-corrected chi connectivity index (χ3v) is 6.87. The Morgan fingerprint density at radius 1 is 1.24 bits per heavy atom. The molecular formula is C18H21N5S2. The van der Waals surface area contributed by atoms with E-state index in [0.29, 0.717) is 11.6 Å². The number of nitrogens with zero attached hydrogens (tertiary/aromatic N) is 3. The minimum Gasteiger partial charge on any atom is -0.396 e. The van der Waals surface area contributed by atoms with Crippen LogP contribution >= 0.6 is 22.7 Å². The summed E-state index contributed by atoms with van der Waals surface area (Å²) in [4.78, 5) is 16.2. The normalized spacial score (nSPS) is 16.6. The Kier molecular flexibility index (Phi) is 4.54. The molecule has 4 heterocycles. The van der Waals surface area contributed by atoms with Gasteiger partial charge in [-0.25, -0.2) is 4.98 Å². The molecule has 1 aliphatic rings. The highest BCUT2D eigenvalue weighted by Crippen LogP contribution is 2.38. The molecule has 7 heteroatoms. The lowest BCUT2D eigenvalue weighted by Crippen LogP contribution is -2.26. The second-order valence-electron chi connectivity index (χ2n) is 6.44. The maximum absolute atomic E-state index is 6.28. The molecule has 5 nitrogen and oxygen atoms in total. The van der Waals surface area contributed by atoms with Crippen molar-refractivity contribution in [1.29, 1.82) is 0 Å². The van der Waals surface area contributed by atoms with E-state index in [2.05, 4.69) is 21.4 Å². The van der Waals surface area contributed by atoms with E-state index < -0.39 is 0 Å². The van der Waals surface area contributed by atoms with Crippen molar-refractivity contribution in [1.82, 2.24) is 20.3 Å². The fraction of sp³-hybridized carbons (Fsp3) is 0.389. The molecule has 1 fully saturated rings. The van der Waals surface area contributed by atoms with E-state index in [1.165, 1.54) is 22.4 Å². The van der Waals surface area contributed by atoms with Crippen LogP contribution in [0.4, 0.5) is 0 Å². The van der Waals surface area contributed by atoms with Crippen molar-refractivity contribution < 1.29 is 0 Å². The van der Waals surface area contributed by atoms with Gasteiger partial charge in [0.2, 0.25) is 0 Å². The van der Waals surface area contributed by atoms with Gasteiger partial charge in [0.05, 0.1) is 27.5 Å². The van der Waals surface area contributed by atoms with Gasteiger partial charge in [-0.2, -0.15) is 0 Å². The summed E-state index contributed by atoms with van der Waals surface area (Å²) in [5.74, 6) is 0.675. The fourth-order valence-electron chi connectivity index (χ4n) is 3.14. The molecule has 3 aromatic heterocycles. The van der Waals surface area contributed by atoms with Crippen molar-refractivity contribution in [3.8, 4) is 0 Å². The molecule has 0 radical (unpaired) electrons. The van der Waals surface area contributed by atoms with Crippen LogP contribution in [0.2, 0.25) is 0 Å². The predicted molar refractivity (Wildman–Crippen MR) is 106 cm³/mol. The lowest BCUT2D eigenvalue weighted by molar-refractivity contribution is 0.465. The summed E-state index contributed by atoms with van der Waals surface area (Å²) >= 11 is 3.47. The lowest BCUT2D eigenvalue weighted by atomic mass is 9.97. The summed E-state index contributed by atoms with van der Waals surface area (Å²) in [6, 6.07) is 2.31. The molecule has 0 unspecified atom stereocenters. The van der Waals surface area contributed by atoms with Gasteiger partial charge in [-0.1, -0.05) is 0 Å². The molecule has 0 spiro atoms.